The van der Waals surface area contributed by atoms with Crippen LogP contribution in [0.25, 0.3) is 0 Å². The van der Waals surface area contributed by atoms with Crippen LogP contribution in [-0.2, 0) is 4.43 Å². The van der Waals surface area contributed by atoms with Crippen LogP contribution >= 0.6 is 0 Å². The highest BCUT2D eigenvalue weighted by atomic mass is 28.3. The quantitative estimate of drug-likeness (QED) is 0.427. The van der Waals surface area contributed by atoms with Crippen molar-refractivity contribution in [3.63, 3.8) is 0 Å². The SMILES string of the molecule is C[SiH](C)OC(CCC(c1ccn([C@@H]2c3cc(C#N)ccc3OC(C)(C)[C@H]2O)c(=O)c1)C(C)(C)C)C(C)(C)C. The Bertz CT molecular complexity index is 1230. The molecule has 0 bridgehead atoms. The smallest absolute Gasteiger partial charge is 0.251 e. The summed E-state index contributed by atoms with van der Waals surface area (Å²) in [5.74, 6) is 0.746. The molecule has 1 aromatic heterocycles. The summed E-state index contributed by atoms with van der Waals surface area (Å²) in [6.45, 7) is 21.4. The van der Waals surface area contributed by atoms with E-state index in [0.717, 1.165) is 18.4 Å². The zero-order valence-electron chi connectivity index (χ0n) is 24.8. The average Bonchev–Trinajstić information content (AvgIpc) is 2.78. The lowest BCUT2D eigenvalue weighted by Gasteiger charge is -2.42. The molecule has 0 saturated heterocycles. The minimum Gasteiger partial charge on any atom is -0.485 e. The summed E-state index contributed by atoms with van der Waals surface area (Å²) in [7, 11) is -1.20. The Balaban J connectivity index is 2.01. The zero-order valence-corrected chi connectivity index (χ0v) is 26.0. The summed E-state index contributed by atoms with van der Waals surface area (Å²) in [6, 6.07) is 10.4. The fourth-order valence-electron chi connectivity index (χ4n) is 5.54. The molecule has 0 saturated carbocycles. The van der Waals surface area contributed by atoms with Crippen molar-refractivity contribution < 1.29 is 14.3 Å². The fourth-order valence-corrected chi connectivity index (χ4v) is 6.74. The number of hydrogen-bond acceptors (Lipinski definition) is 5. The standard InChI is InChI=1S/C31H46N2O4Si/c1-29(2,3)23(12-14-25(30(4,5)6)37-38(9)10)21-15-16-33(26(34)18-21)27-22-17-20(19-32)11-13-24(22)36-31(7,8)28(27)35/h11,13,15-18,23,25,27-28,35,38H,12,14H2,1-10H3/t23?,25?,27-,28+/m1/s1. The van der Waals surface area contributed by atoms with Crippen LogP contribution in [0.1, 0.15) is 96.9 Å². The molecular formula is C31H46N2O4Si. The van der Waals surface area contributed by atoms with Crippen LogP contribution in [0.5, 0.6) is 5.75 Å². The monoisotopic (exact) mass is 538 g/mol. The lowest BCUT2D eigenvalue weighted by molar-refractivity contribution is -0.0643. The van der Waals surface area contributed by atoms with Crippen molar-refractivity contribution >= 4 is 9.04 Å². The van der Waals surface area contributed by atoms with E-state index in [1.54, 1.807) is 35.0 Å². The van der Waals surface area contributed by atoms with Crippen molar-refractivity contribution in [1.29, 1.82) is 5.26 Å². The van der Waals surface area contributed by atoms with Crippen LogP contribution in [0.2, 0.25) is 13.1 Å². The van der Waals surface area contributed by atoms with E-state index in [1.807, 2.05) is 19.9 Å². The number of nitriles is 1. The number of pyridine rings is 1. The normalized spacial score (nSPS) is 20.8. The number of hydrogen-bond donors (Lipinski definition) is 1. The van der Waals surface area contributed by atoms with Gasteiger partial charge in [0, 0.05) is 23.9 Å². The molecule has 2 unspecified atom stereocenters. The minimum atomic E-state index is -1.20. The van der Waals surface area contributed by atoms with Gasteiger partial charge in [-0.25, -0.2) is 0 Å². The van der Waals surface area contributed by atoms with Crippen LogP contribution in [0.3, 0.4) is 0 Å². The van der Waals surface area contributed by atoms with E-state index in [0.29, 0.717) is 16.9 Å². The van der Waals surface area contributed by atoms with Gasteiger partial charge >= 0.3 is 0 Å². The number of aliphatic hydroxyl groups is 1. The van der Waals surface area contributed by atoms with Crippen molar-refractivity contribution in [3.05, 3.63) is 63.6 Å². The van der Waals surface area contributed by atoms with Crippen LogP contribution in [0, 0.1) is 22.2 Å². The van der Waals surface area contributed by atoms with Gasteiger partial charge in [-0.3, -0.25) is 4.79 Å². The molecule has 2 aromatic rings. The third kappa shape index (κ3) is 6.59. The van der Waals surface area contributed by atoms with Crippen LogP contribution < -0.4 is 10.3 Å². The molecule has 6 nitrogen and oxygen atoms in total. The van der Waals surface area contributed by atoms with E-state index in [1.165, 1.54) is 0 Å². The first kappa shape index (κ1) is 30.1. The number of ether oxygens (including phenoxy) is 1. The number of aromatic nitrogens is 1. The van der Waals surface area contributed by atoms with Crippen molar-refractivity contribution in [2.75, 3.05) is 0 Å². The lowest BCUT2D eigenvalue weighted by Crippen LogP contribution is -2.52. The predicted molar refractivity (Wildman–Crippen MR) is 155 cm³/mol. The molecule has 1 aliphatic heterocycles. The van der Waals surface area contributed by atoms with E-state index in [2.05, 4.69) is 60.7 Å². The van der Waals surface area contributed by atoms with Gasteiger partial charge in [-0.05, 0) is 86.4 Å². The Hall–Kier alpha value is -2.40. The van der Waals surface area contributed by atoms with Gasteiger partial charge in [0.15, 0.2) is 9.04 Å². The maximum absolute atomic E-state index is 13.7. The number of rotatable bonds is 7. The largest absolute Gasteiger partial charge is 0.485 e. The van der Waals surface area contributed by atoms with Crippen molar-refractivity contribution in [3.8, 4) is 11.8 Å². The summed E-state index contributed by atoms with van der Waals surface area (Å²) < 4.78 is 14.1. The number of benzene rings is 1. The molecule has 2 heterocycles. The first-order valence-electron chi connectivity index (χ1n) is 13.7. The van der Waals surface area contributed by atoms with Gasteiger partial charge in [0.2, 0.25) is 0 Å². The Kier molecular flexibility index (Phi) is 8.72. The van der Waals surface area contributed by atoms with Gasteiger partial charge in [0.05, 0.1) is 17.7 Å². The van der Waals surface area contributed by atoms with Crippen LogP contribution in [-0.4, -0.2) is 36.5 Å². The Labute approximate surface area is 230 Å². The first-order valence-corrected chi connectivity index (χ1v) is 16.5. The molecule has 208 valence electrons. The molecule has 4 atom stereocenters. The third-order valence-electron chi connectivity index (χ3n) is 7.68. The molecule has 0 aliphatic carbocycles. The second-order valence-electron chi connectivity index (χ2n) is 13.7. The summed E-state index contributed by atoms with van der Waals surface area (Å²) in [5.41, 5.74) is 1.02. The van der Waals surface area contributed by atoms with Gasteiger partial charge in [-0.15, -0.1) is 0 Å². The molecule has 38 heavy (non-hydrogen) atoms. The van der Waals surface area contributed by atoms with E-state index < -0.39 is 26.8 Å². The zero-order chi connectivity index (χ0) is 28.6. The molecule has 0 fully saturated rings. The van der Waals surface area contributed by atoms with Crippen LogP contribution in [0.4, 0.5) is 0 Å². The highest BCUT2D eigenvalue weighted by Gasteiger charge is 2.44. The van der Waals surface area contributed by atoms with Gasteiger partial charge in [0.25, 0.3) is 5.56 Å². The molecule has 0 amide bonds. The van der Waals surface area contributed by atoms with Gasteiger partial charge < -0.3 is 18.8 Å². The molecule has 3 rings (SSSR count). The second-order valence-corrected chi connectivity index (χ2v) is 16.1. The molecule has 7 heteroatoms. The highest BCUT2D eigenvalue weighted by molar-refractivity contribution is 6.48. The number of aliphatic hydroxyl groups excluding tert-OH is 1. The van der Waals surface area contributed by atoms with Crippen molar-refractivity contribution in [2.45, 2.75) is 111 Å². The van der Waals surface area contributed by atoms with Crippen molar-refractivity contribution in [1.82, 2.24) is 4.57 Å². The maximum Gasteiger partial charge on any atom is 0.251 e. The molecular weight excluding hydrogens is 492 g/mol. The highest BCUT2D eigenvalue weighted by Crippen LogP contribution is 2.43. The molecule has 1 N–H and O–H groups in total. The summed E-state index contributed by atoms with van der Waals surface area (Å²) >= 11 is 0. The molecule has 0 radical (unpaired) electrons. The Morgan fingerprint density at radius 3 is 2.29 bits per heavy atom. The van der Waals surface area contributed by atoms with E-state index in [9.17, 15) is 15.2 Å². The average molecular weight is 539 g/mol. The maximum atomic E-state index is 13.7. The summed E-state index contributed by atoms with van der Waals surface area (Å²) in [4.78, 5) is 13.7. The number of nitrogens with zero attached hydrogens (tertiary/aromatic N) is 2. The topological polar surface area (TPSA) is 84.5 Å². The van der Waals surface area contributed by atoms with E-state index >= 15 is 0 Å². The summed E-state index contributed by atoms with van der Waals surface area (Å²) in [6.07, 6.45) is 2.84. The van der Waals surface area contributed by atoms with Gasteiger partial charge in [-0.2, -0.15) is 5.26 Å². The van der Waals surface area contributed by atoms with Crippen LogP contribution in [0.15, 0.2) is 41.3 Å². The number of fused-ring (bicyclic) bond motifs is 1. The van der Waals surface area contributed by atoms with Gasteiger partial charge in [0.1, 0.15) is 17.5 Å². The molecule has 0 spiro atoms. The first-order chi connectivity index (χ1) is 17.5. The van der Waals surface area contributed by atoms with Crippen molar-refractivity contribution in [2.24, 2.45) is 10.8 Å². The second kappa shape index (κ2) is 11.0. The predicted octanol–water partition coefficient (Wildman–Crippen LogP) is 6.17. The van der Waals surface area contributed by atoms with E-state index in [-0.39, 0.29) is 28.4 Å². The van der Waals surface area contributed by atoms with Gasteiger partial charge in [-0.1, -0.05) is 41.5 Å². The van der Waals surface area contributed by atoms with E-state index in [4.69, 9.17) is 9.16 Å². The Morgan fingerprint density at radius 2 is 1.76 bits per heavy atom. The minimum absolute atomic E-state index is 0.0464. The lowest BCUT2D eigenvalue weighted by atomic mass is 9.72. The Morgan fingerprint density at radius 1 is 1.11 bits per heavy atom. The summed E-state index contributed by atoms with van der Waals surface area (Å²) in [5, 5.41) is 20.8. The molecule has 1 aliphatic rings. The fraction of sp³-hybridized carbons (Fsp3) is 0.613. The third-order valence-corrected chi connectivity index (χ3v) is 8.55. The molecule has 1 aromatic carbocycles.